The number of nitrogens with one attached hydrogen (secondary N) is 1. The van der Waals surface area contributed by atoms with Crippen LogP contribution in [0.2, 0.25) is 0 Å². The second kappa shape index (κ2) is 7.17. The Balaban J connectivity index is 2.27. The number of aliphatic imine (C=N–C) groups is 1. The molecule has 0 heterocycles. The molecule has 0 aliphatic rings. The fourth-order valence-corrected chi connectivity index (χ4v) is 1.92. The van der Waals surface area contributed by atoms with Gasteiger partial charge in [0.05, 0.1) is 6.34 Å². The van der Waals surface area contributed by atoms with Gasteiger partial charge in [-0.3, -0.25) is 0 Å². The van der Waals surface area contributed by atoms with Crippen LogP contribution in [-0.2, 0) is 0 Å². The summed E-state index contributed by atoms with van der Waals surface area (Å²) in [6, 6.07) is 5.90. The number of hydrogen-bond donors (Lipinski definition) is 1. The van der Waals surface area contributed by atoms with Crippen LogP contribution in [0.4, 0.5) is 30.2 Å². The molecule has 2 aromatic rings. The predicted octanol–water partition coefficient (Wildman–Crippen LogP) is 4.77. The predicted molar refractivity (Wildman–Crippen MR) is 87.2 cm³/mol. The summed E-state index contributed by atoms with van der Waals surface area (Å²) in [6.45, 7) is 4.48. The van der Waals surface area contributed by atoms with Crippen molar-refractivity contribution < 1.29 is 13.2 Å². The Morgan fingerprint density at radius 1 is 1.09 bits per heavy atom. The van der Waals surface area contributed by atoms with Gasteiger partial charge in [-0.1, -0.05) is 0 Å². The van der Waals surface area contributed by atoms with Gasteiger partial charge in [0.1, 0.15) is 17.3 Å². The molecule has 6 heteroatoms. The summed E-state index contributed by atoms with van der Waals surface area (Å²) in [5.41, 5.74) is 1.56. The van der Waals surface area contributed by atoms with Crippen LogP contribution in [0.1, 0.15) is 12.5 Å². The van der Waals surface area contributed by atoms with E-state index in [2.05, 4.69) is 10.3 Å². The van der Waals surface area contributed by atoms with Gasteiger partial charge in [0.2, 0.25) is 0 Å². The zero-order valence-corrected chi connectivity index (χ0v) is 13.2. The van der Waals surface area contributed by atoms with Crippen LogP contribution < -0.4 is 5.32 Å². The van der Waals surface area contributed by atoms with Crippen molar-refractivity contribution >= 4 is 23.4 Å². The fourth-order valence-electron chi connectivity index (χ4n) is 1.92. The molecule has 2 rings (SSSR count). The summed E-state index contributed by atoms with van der Waals surface area (Å²) in [5, 5.41) is 2.82. The van der Waals surface area contributed by atoms with Crippen molar-refractivity contribution in [2.24, 2.45) is 4.99 Å². The summed E-state index contributed by atoms with van der Waals surface area (Å²) in [6.07, 6.45) is 1.55. The van der Waals surface area contributed by atoms with Crippen molar-refractivity contribution in [2.75, 3.05) is 18.9 Å². The Hall–Kier alpha value is -2.50. The molecular weight excluding hydrogens is 303 g/mol. The minimum atomic E-state index is -0.700. The molecule has 0 fully saturated rings. The van der Waals surface area contributed by atoms with Crippen molar-refractivity contribution in [2.45, 2.75) is 13.8 Å². The Morgan fingerprint density at radius 2 is 1.74 bits per heavy atom. The van der Waals surface area contributed by atoms with Crippen molar-refractivity contribution in [1.82, 2.24) is 4.90 Å². The van der Waals surface area contributed by atoms with Gasteiger partial charge in [-0.05, 0) is 43.7 Å². The second-order valence-electron chi connectivity index (χ2n) is 5.22. The topological polar surface area (TPSA) is 27.6 Å². The first kappa shape index (κ1) is 16.9. The van der Waals surface area contributed by atoms with Crippen LogP contribution in [-0.4, -0.2) is 24.8 Å². The van der Waals surface area contributed by atoms with E-state index in [1.165, 1.54) is 6.07 Å². The molecule has 0 bridgehead atoms. The average molecular weight is 321 g/mol. The van der Waals surface area contributed by atoms with Crippen molar-refractivity contribution in [3.8, 4) is 0 Å². The monoisotopic (exact) mass is 321 g/mol. The van der Waals surface area contributed by atoms with E-state index < -0.39 is 17.5 Å². The highest BCUT2D eigenvalue weighted by Crippen LogP contribution is 2.28. The molecule has 3 nitrogen and oxygen atoms in total. The maximum atomic E-state index is 14.1. The Bertz CT molecular complexity index is 709. The fraction of sp³-hybridized carbons (Fsp3) is 0.235. The van der Waals surface area contributed by atoms with Crippen LogP contribution in [0, 0.1) is 24.4 Å². The minimum Gasteiger partial charge on any atom is -0.366 e. The lowest BCUT2D eigenvalue weighted by Gasteiger charge is -2.12. The lowest BCUT2D eigenvalue weighted by molar-refractivity contribution is 0.551. The summed E-state index contributed by atoms with van der Waals surface area (Å²) in [4.78, 5) is 5.91. The zero-order chi connectivity index (χ0) is 17.0. The van der Waals surface area contributed by atoms with E-state index in [1.54, 1.807) is 19.3 Å². The lowest BCUT2D eigenvalue weighted by atomic mass is 10.1. The third-order valence-corrected chi connectivity index (χ3v) is 3.33. The van der Waals surface area contributed by atoms with Crippen LogP contribution in [0.25, 0.3) is 0 Å². The van der Waals surface area contributed by atoms with Gasteiger partial charge < -0.3 is 10.2 Å². The number of anilines is 2. The van der Waals surface area contributed by atoms with E-state index >= 15 is 0 Å². The van der Waals surface area contributed by atoms with Gasteiger partial charge in [0, 0.05) is 31.0 Å². The molecule has 0 aliphatic carbocycles. The summed E-state index contributed by atoms with van der Waals surface area (Å²) < 4.78 is 40.5. The Kier molecular flexibility index (Phi) is 5.26. The van der Waals surface area contributed by atoms with E-state index in [0.29, 0.717) is 11.3 Å². The number of hydrogen-bond acceptors (Lipinski definition) is 2. The molecule has 122 valence electrons. The van der Waals surface area contributed by atoms with Gasteiger partial charge in [-0.15, -0.1) is 0 Å². The number of benzene rings is 2. The van der Waals surface area contributed by atoms with Crippen LogP contribution in [0.15, 0.2) is 35.3 Å². The number of aryl methyl sites for hydroxylation is 1. The Morgan fingerprint density at radius 3 is 2.35 bits per heavy atom. The quantitative estimate of drug-likeness (QED) is 0.635. The molecule has 23 heavy (non-hydrogen) atoms. The number of rotatable bonds is 5. The largest absolute Gasteiger partial charge is 0.366 e. The minimum absolute atomic E-state index is 0.207. The van der Waals surface area contributed by atoms with E-state index in [0.717, 1.165) is 24.7 Å². The molecule has 0 radical (unpaired) electrons. The lowest BCUT2D eigenvalue weighted by Crippen LogP contribution is -2.14. The van der Waals surface area contributed by atoms with Crippen LogP contribution >= 0.6 is 0 Å². The highest BCUT2D eigenvalue weighted by atomic mass is 19.1. The van der Waals surface area contributed by atoms with Crippen molar-refractivity contribution in [1.29, 1.82) is 0 Å². The molecule has 0 amide bonds. The summed E-state index contributed by atoms with van der Waals surface area (Å²) in [5.74, 6) is -1.92. The van der Waals surface area contributed by atoms with Crippen molar-refractivity contribution in [3.63, 3.8) is 0 Å². The standard InChI is InChI=1S/C17H18F3N3/c1-4-23(3)10-21-17-5-11(2)16(9-15(17)20)22-14-7-12(18)6-13(19)8-14/h5-10,22H,4H2,1-3H3. The van der Waals surface area contributed by atoms with Gasteiger partial charge in [-0.25, -0.2) is 18.2 Å². The van der Waals surface area contributed by atoms with Crippen LogP contribution in [0.5, 0.6) is 0 Å². The van der Waals surface area contributed by atoms with E-state index in [4.69, 9.17) is 0 Å². The molecule has 0 atom stereocenters. The summed E-state index contributed by atoms with van der Waals surface area (Å²) in [7, 11) is 1.84. The second-order valence-corrected chi connectivity index (χ2v) is 5.22. The molecule has 1 N–H and O–H groups in total. The number of nitrogens with zero attached hydrogens (tertiary/aromatic N) is 2. The first-order valence-corrected chi connectivity index (χ1v) is 7.16. The molecule has 0 aromatic heterocycles. The molecular formula is C17H18F3N3. The van der Waals surface area contributed by atoms with Gasteiger partial charge >= 0.3 is 0 Å². The normalized spacial score (nSPS) is 11.0. The molecule has 2 aromatic carbocycles. The Labute approximate surface area is 133 Å². The first-order valence-electron chi connectivity index (χ1n) is 7.16. The number of halogens is 3. The maximum Gasteiger partial charge on any atom is 0.150 e. The molecule has 0 unspecified atom stereocenters. The van der Waals surface area contributed by atoms with Gasteiger partial charge in [-0.2, -0.15) is 0 Å². The molecule has 0 aliphatic heterocycles. The van der Waals surface area contributed by atoms with E-state index in [-0.39, 0.29) is 11.4 Å². The highest BCUT2D eigenvalue weighted by Gasteiger charge is 2.08. The van der Waals surface area contributed by atoms with E-state index in [1.807, 2.05) is 18.9 Å². The SMILES string of the molecule is CCN(C)C=Nc1cc(C)c(Nc2cc(F)cc(F)c2)cc1F. The van der Waals surface area contributed by atoms with Crippen molar-refractivity contribution in [3.05, 3.63) is 53.3 Å². The smallest absolute Gasteiger partial charge is 0.150 e. The zero-order valence-electron chi connectivity index (χ0n) is 13.2. The average Bonchev–Trinajstić information content (AvgIpc) is 2.47. The van der Waals surface area contributed by atoms with Crippen LogP contribution in [0.3, 0.4) is 0 Å². The molecule has 0 saturated heterocycles. The van der Waals surface area contributed by atoms with Gasteiger partial charge in [0.25, 0.3) is 0 Å². The molecule has 0 saturated carbocycles. The highest BCUT2D eigenvalue weighted by molar-refractivity contribution is 5.68. The summed E-state index contributed by atoms with van der Waals surface area (Å²) >= 11 is 0. The first-order chi connectivity index (χ1) is 10.9. The van der Waals surface area contributed by atoms with E-state index in [9.17, 15) is 13.2 Å². The molecule has 0 spiro atoms. The third-order valence-electron chi connectivity index (χ3n) is 3.33. The maximum absolute atomic E-state index is 14.1. The third kappa shape index (κ3) is 4.48. The van der Waals surface area contributed by atoms with Gasteiger partial charge in [0.15, 0.2) is 5.82 Å².